The Morgan fingerprint density at radius 2 is 1.80 bits per heavy atom. The van der Waals surface area contributed by atoms with E-state index in [2.05, 4.69) is 27.7 Å². The third-order valence-corrected chi connectivity index (χ3v) is 1.92. The van der Waals surface area contributed by atoms with E-state index in [1.54, 1.807) is 5.92 Å². The first-order valence-electron chi connectivity index (χ1n) is 4.45. The van der Waals surface area contributed by atoms with Crippen molar-refractivity contribution in [3.05, 3.63) is 5.92 Å². The van der Waals surface area contributed by atoms with Crippen molar-refractivity contribution in [2.75, 3.05) is 0 Å². The molecule has 0 nitrogen and oxygen atoms in total. The van der Waals surface area contributed by atoms with E-state index in [0.29, 0.717) is 0 Å². The van der Waals surface area contributed by atoms with E-state index < -0.39 is 0 Å². The molecular formula is C10H21. The Hall–Kier alpha value is 0. The van der Waals surface area contributed by atoms with Crippen molar-refractivity contribution in [2.45, 2.75) is 53.4 Å². The van der Waals surface area contributed by atoms with Crippen LogP contribution in [0, 0.1) is 11.8 Å². The van der Waals surface area contributed by atoms with Crippen molar-refractivity contribution < 1.29 is 0 Å². The van der Waals surface area contributed by atoms with Crippen LogP contribution in [0.25, 0.3) is 0 Å². The molecule has 10 heavy (non-hydrogen) atoms. The van der Waals surface area contributed by atoms with Crippen molar-refractivity contribution in [3.8, 4) is 0 Å². The summed E-state index contributed by atoms with van der Waals surface area (Å²) in [5.41, 5.74) is 0. The Morgan fingerprint density at radius 3 is 2.20 bits per heavy atom. The van der Waals surface area contributed by atoms with Crippen LogP contribution in [0.1, 0.15) is 53.4 Å². The molecule has 1 atom stereocenters. The lowest BCUT2D eigenvalue weighted by Gasteiger charge is -2.10. The normalized spacial score (nSPS) is 14.1. The Balaban J connectivity index is 3.12. The van der Waals surface area contributed by atoms with Gasteiger partial charge in [0, 0.05) is 0 Å². The summed E-state index contributed by atoms with van der Waals surface area (Å²) in [4.78, 5) is 0. The van der Waals surface area contributed by atoms with Crippen molar-refractivity contribution in [1.29, 1.82) is 0 Å². The van der Waals surface area contributed by atoms with Gasteiger partial charge in [0.25, 0.3) is 0 Å². The fourth-order valence-corrected chi connectivity index (χ4v) is 1.17. The van der Waals surface area contributed by atoms with Crippen LogP contribution >= 0.6 is 0 Å². The molecule has 0 fully saturated rings. The van der Waals surface area contributed by atoms with E-state index in [1.807, 2.05) is 0 Å². The second kappa shape index (κ2) is 5.76. The summed E-state index contributed by atoms with van der Waals surface area (Å²) in [5.74, 6) is 2.50. The standard InChI is InChI=1S/C10H21/c1-5-6-10(4)8-7-9(2)3/h10H,5-8H2,1-4H3. The van der Waals surface area contributed by atoms with E-state index in [9.17, 15) is 0 Å². The van der Waals surface area contributed by atoms with Crippen LogP contribution in [0.2, 0.25) is 0 Å². The van der Waals surface area contributed by atoms with Crippen molar-refractivity contribution >= 4 is 0 Å². The lowest BCUT2D eigenvalue weighted by molar-refractivity contribution is 0.475. The van der Waals surface area contributed by atoms with Gasteiger partial charge in [-0.15, -0.1) is 0 Å². The molecule has 0 saturated heterocycles. The van der Waals surface area contributed by atoms with Crippen LogP contribution in [0.4, 0.5) is 0 Å². The molecule has 0 N–H and O–H groups in total. The fraction of sp³-hybridized carbons (Fsp3) is 0.900. The van der Waals surface area contributed by atoms with E-state index in [0.717, 1.165) is 5.92 Å². The van der Waals surface area contributed by atoms with Gasteiger partial charge in [-0.1, -0.05) is 47.0 Å². The maximum absolute atomic E-state index is 2.35. The van der Waals surface area contributed by atoms with Gasteiger partial charge < -0.3 is 0 Å². The third-order valence-electron chi connectivity index (χ3n) is 1.92. The van der Waals surface area contributed by atoms with Gasteiger partial charge in [-0.2, -0.15) is 0 Å². The predicted molar refractivity (Wildman–Crippen MR) is 47.9 cm³/mol. The van der Waals surface area contributed by atoms with Crippen LogP contribution in [0.15, 0.2) is 0 Å². The van der Waals surface area contributed by atoms with Gasteiger partial charge in [-0.25, -0.2) is 0 Å². The average Bonchev–Trinajstić information content (AvgIpc) is 1.85. The monoisotopic (exact) mass is 141 g/mol. The molecule has 0 saturated carbocycles. The third kappa shape index (κ3) is 6.12. The average molecular weight is 141 g/mol. The summed E-state index contributed by atoms with van der Waals surface area (Å²) < 4.78 is 0. The summed E-state index contributed by atoms with van der Waals surface area (Å²) in [7, 11) is 0. The number of hydrogen-bond donors (Lipinski definition) is 0. The predicted octanol–water partition coefficient (Wildman–Crippen LogP) is 3.82. The van der Waals surface area contributed by atoms with Crippen molar-refractivity contribution in [3.63, 3.8) is 0 Å². The van der Waals surface area contributed by atoms with Crippen LogP contribution in [0.5, 0.6) is 0 Å². The molecular weight excluding hydrogens is 120 g/mol. The minimum Gasteiger partial charge on any atom is -0.0654 e. The molecule has 0 heteroatoms. The lowest BCUT2D eigenvalue weighted by Crippen LogP contribution is -1.95. The van der Waals surface area contributed by atoms with Crippen LogP contribution in [0.3, 0.4) is 0 Å². The Morgan fingerprint density at radius 1 is 1.20 bits per heavy atom. The Bertz CT molecular complexity index is 64.4. The molecule has 0 rings (SSSR count). The van der Waals surface area contributed by atoms with E-state index in [4.69, 9.17) is 0 Å². The summed E-state index contributed by atoms with van der Waals surface area (Å²) in [5, 5.41) is 0. The maximum atomic E-state index is 2.35. The lowest BCUT2D eigenvalue weighted by atomic mass is 9.96. The van der Waals surface area contributed by atoms with E-state index >= 15 is 0 Å². The first-order chi connectivity index (χ1) is 4.66. The quantitative estimate of drug-likeness (QED) is 0.546. The minimum atomic E-state index is 0.930. The van der Waals surface area contributed by atoms with Gasteiger partial charge in [-0.05, 0) is 18.3 Å². The largest absolute Gasteiger partial charge is 0.0654 e. The molecule has 0 aliphatic heterocycles. The van der Waals surface area contributed by atoms with Gasteiger partial charge >= 0.3 is 0 Å². The molecule has 1 unspecified atom stereocenters. The SMILES string of the molecule is CCCC(C)CC[C](C)C. The Labute approximate surface area is 66.0 Å². The molecule has 61 valence electrons. The van der Waals surface area contributed by atoms with Gasteiger partial charge in [0.05, 0.1) is 0 Å². The molecule has 0 aromatic heterocycles. The zero-order chi connectivity index (χ0) is 7.98. The molecule has 0 heterocycles. The minimum absolute atomic E-state index is 0.930. The molecule has 0 spiro atoms. The van der Waals surface area contributed by atoms with Crippen LogP contribution < -0.4 is 0 Å². The molecule has 0 bridgehead atoms. The highest BCUT2D eigenvalue weighted by molar-refractivity contribution is 4.76. The zero-order valence-corrected chi connectivity index (χ0v) is 7.91. The highest BCUT2D eigenvalue weighted by atomic mass is 14.1. The van der Waals surface area contributed by atoms with Gasteiger partial charge in [-0.3, -0.25) is 0 Å². The number of rotatable bonds is 5. The first-order valence-corrected chi connectivity index (χ1v) is 4.45. The second-order valence-corrected chi connectivity index (χ2v) is 3.64. The van der Waals surface area contributed by atoms with Crippen molar-refractivity contribution in [1.82, 2.24) is 0 Å². The maximum Gasteiger partial charge on any atom is -0.0303 e. The summed E-state index contributed by atoms with van der Waals surface area (Å²) in [6, 6.07) is 0. The summed E-state index contributed by atoms with van der Waals surface area (Å²) >= 11 is 0. The number of hydrogen-bond acceptors (Lipinski definition) is 0. The zero-order valence-electron chi connectivity index (χ0n) is 7.91. The van der Waals surface area contributed by atoms with Crippen LogP contribution in [-0.2, 0) is 0 Å². The molecule has 0 aliphatic carbocycles. The molecule has 0 aliphatic rings. The van der Waals surface area contributed by atoms with Crippen LogP contribution in [-0.4, -0.2) is 0 Å². The Kier molecular flexibility index (Phi) is 5.76. The molecule has 0 aromatic rings. The van der Waals surface area contributed by atoms with E-state index in [-0.39, 0.29) is 0 Å². The highest BCUT2D eigenvalue weighted by Gasteiger charge is 2.01. The molecule has 1 radical (unpaired) electrons. The highest BCUT2D eigenvalue weighted by Crippen LogP contribution is 2.16. The van der Waals surface area contributed by atoms with Gasteiger partial charge in [0.15, 0.2) is 0 Å². The smallest absolute Gasteiger partial charge is 0.0303 e. The van der Waals surface area contributed by atoms with Gasteiger partial charge in [0.2, 0.25) is 0 Å². The topological polar surface area (TPSA) is 0 Å². The van der Waals surface area contributed by atoms with Gasteiger partial charge in [0.1, 0.15) is 0 Å². The second-order valence-electron chi connectivity index (χ2n) is 3.64. The van der Waals surface area contributed by atoms with Crippen molar-refractivity contribution in [2.24, 2.45) is 5.92 Å². The van der Waals surface area contributed by atoms with E-state index in [1.165, 1.54) is 25.7 Å². The fourth-order valence-electron chi connectivity index (χ4n) is 1.17. The molecule has 0 amide bonds. The summed E-state index contributed by atoms with van der Waals surface area (Å²) in [6.45, 7) is 9.06. The first kappa shape index (κ1) is 10.0. The molecule has 0 aromatic carbocycles. The summed E-state index contributed by atoms with van der Waals surface area (Å²) in [6.07, 6.45) is 5.44.